The van der Waals surface area contributed by atoms with E-state index in [0.29, 0.717) is 0 Å². The normalized spacial score (nSPS) is 32.5. The smallest absolute Gasteiger partial charge is 0.129 e. The van der Waals surface area contributed by atoms with Gasteiger partial charge in [-0.15, -0.1) is 0 Å². The summed E-state index contributed by atoms with van der Waals surface area (Å²) in [5, 5.41) is 3.54. The molecule has 0 aromatic carbocycles. The zero-order valence-electron chi connectivity index (χ0n) is 9.00. The van der Waals surface area contributed by atoms with Crippen LogP contribution in [0.2, 0.25) is 0 Å². The highest BCUT2D eigenvalue weighted by Gasteiger charge is 2.37. The van der Waals surface area contributed by atoms with Gasteiger partial charge in [0.25, 0.3) is 0 Å². The molecule has 2 atom stereocenters. The lowest BCUT2D eigenvalue weighted by molar-refractivity contribution is 0.193. The maximum absolute atomic E-state index is 4.38. The van der Waals surface area contributed by atoms with Gasteiger partial charge in [0, 0.05) is 12.4 Å². The largest absolute Gasteiger partial charge is 0.347 e. The molecule has 2 unspecified atom stereocenters. The maximum atomic E-state index is 4.38. The van der Waals surface area contributed by atoms with Crippen LogP contribution >= 0.6 is 0 Å². The Morgan fingerprint density at radius 2 is 2.13 bits per heavy atom. The van der Waals surface area contributed by atoms with Crippen LogP contribution in [0.3, 0.4) is 0 Å². The number of hydrogen-bond acceptors (Lipinski definition) is 2. The topological polar surface area (TPSA) is 40.7 Å². The minimum absolute atomic E-state index is 0.735. The molecule has 1 aromatic heterocycles. The molecule has 15 heavy (non-hydrogen) atoms. The minimum atomic E-state index is 0.735. The van der Waals surface area contributed by atoms with Gasteiger partial charge in [0.1, 0.15) is 11.9 Å². The SMILES string of the molecule is c1c[nH]c([C]2NCCC3CCCCC23)n1. The molecule has 1 aliphatic heterocycles. The lowest BCUT2D eigenvalue weighted by Gasteiger charge is -2.40. The van der Waals surface area contributed by atoms with Gasteiger partial charge in [-0.1, -0.05) is 19.3 Å². The fourth-order valence-electron chi connectivity index (χ4n) is 3.13. The van der Waals surface area contributed by atoms with Gasteiger partial charge in [-0.25, -0.2) is 4.98 Å². The second-order valence-corrected chi connectivity index (χ2v) is 4.72. The summed E-state index contributed by atoms with van der Waals surface area (Å²) < 4.78 is 0. The number of aromatic amines is 1. The summed E-state index contributed by atoms with van der Waals surface area (Å²) in [5.74, 6) is 2.70. The lowest BCUT2D eigenvalue weighted by atomic mass is 9.71. The zero-order valence-corrected chi connectivity index (χ0v) is 9.00. The second kappa shape index (κ2) is 3.97. The van der Waals surface area contributed by atoms with Crippen molar-refractivity contribution in [2.45, 2.75) is 32.1 Å². The van der Waals surface area contributed by atoms with Gasteiger partial charge in [-0.2, -0.15) is 0 Å². The molecule has 2 fully saturated rings. The molecule has 2 heterocycles. The Morgan fingerprint density at radius 3 is 3.00 bits per heavy atom. The molecular formula is C12H18N3. The molecule has 3 heteroatoms. The predicted molar refractivity (Wildman–Crippen MR) is 59.0 cm³/mol. The van der Waals surface area contributed by atoms with Crippen LogP contribution in [0.1, 0.15) is 37.9 Å². The minimum Gasteiger partial charge on any atom is -0.347 e. The van der Waals surface area contributed by atoms with E-state index >= 15 is 0 Å². The Morgan fingerprint density at radius 1 is 1.20 bits per heavy atom. The molecular weight excluding hydrogens is 186 g/mol. The molecule has 3 rings (SSSR count). The van der Waals surface area contributed by atoms with E-state index in [9.17, 15) is 0 Å². The van der Waals surface area contributed by atoms with Crippen molar-refractivity contribution in [1.82, 2.24) is 15.3 Å². The van der Waals surface area contributed by atoms with Crippen molar-refractivity contribution >= 4 is 0 Å². The molecule has 1 saturated carbocycles. The summed E-state index contributed by atoms with van der Waals surface area (Å²) in [6.07, 6.45) is 10.7. The first kappa shape index (κ1) is 9.40. The van der Waals surface area contributed by atoms with E-state index in [-0.39, 0.29) is 0 Å². The van der Waals surface area contributed by atoms with Crippen molar-refractivity contribution in [2.75, 3.05) is 6.54 Å². The van der Waals surface area contributed by atoms with Crippen molar-refractivity contribution in [2.24, 2.45) is 11.8 Å². The van der Waals surface area contributed by atoms with E-state index < -0.39 is 0 Å². The zero-order chi connectivity index (χ0) is 10.1. The number of fused-ring (bicyclic) bond motifs is 1. The van der Waals surface area contributed by atoms with E-state index in [4.69, 9.17) is 0 Å². The van der Waals surface area contributed by atoms with Crippen LogP contribution in [0.25, 0.3) is 0 Å². The average Bonchev–Trinajstić information content (AvgIpc) is 2.82. The number of nitrogens with one attached hydrogen (secondary N) is 2. The summed E-state index contributed by atoms with van der Waals surface area (Å²) >= 11 is 0. The highest BCUT2D eigenvalue weighted by atomic mass is 15.0. The van der Waals surface area contributed by atoms with Crippen LogP contribution in [0.15, 0.2) is 12.4 Å². The Balaban J connectivity index is 1.82. The third-order valence-electron chi connectivity index (χ3n) is 3.86. The van der Waals surface area contributed by atoms with Crippen LogP contribution in [-0.4, -0.2) is 16.5 Å². The van der Waals surface area contributed by atoms with E-state index in [1.807, 2.05) is 12.4 Å². The first-order valence-electron chi connectivity index (χ1n) is 6.05. The van der Waals surface area contributed by atoms with E-state index in [0.717, 1.165) is 24.2 Å². The molecule has 1 aromatic rings. The maximum Gasteiger partial charge on any atom is 0.129 e. The molecule has 3 nitrogen and oxygen atoms in total. The van der Waals surface area contributed by atoms with E-state index in [1.165, 1.54) is 38.1 Å². The Kier molecular flexibility index (Phi) is 2.49. The van der Waals surface area contributed by atoms with Gasteiger partial charge in [0.05, 0.1) is 0 Å². The molecule has 1 radical (unpaired) electrons. The number of imidazole rings is 1. The second-order valence-electron chi connectivity index (χ2n) is 4.72. The summed E-state index contributed by atoms with van der Waals surface area (Å²) in [7, 11) is 0. The van der Waals surface area contributed by atoms with Gasteiger partial charge in [-0.3, -0.25) is 0 Å². The van der Waals surface area contributed by atoms with Crippen molar-refractivity contribution in [1.29, 1.82) is 0 Å². The number of aromatic nitrogens is 2. The monoisotopic (exact) mass is 204 g/mol. The van der Waals surface area contributed by atoms with E-state index in [2.05, 4.69) is 15.3 Å². The van der Waals surface area contributed by atoms with Gasteiger partial charge in [0.15, 0.2) is 0 Å². The number of H-pyrrole nitrogens is 1. The summed E-state index contributed by atoms with van der Waals surface area (Å²) in [6.45, 7) is 1.12. The number of hydrogen-bond donors (Lipinski definition) is 2. The van der Waals surface area contributed by atoms with Crippen LogP contribution in [0.5, 0.6) is 0 Å². The average molecular weight is 204 g/mol. The summed E-state index contributed by atoms with van der Waals surface area (Å²) in [5.41, 5.74) is 0. The quantitative estimate of drug-likeness (QED) is 0.735. The Labute approximate surface area is 90.7 Å². The molecule has 0 bridgehead atoms. The van der Waals surface area contributed by atoms with Crippen LogP contribution < -0.4 is 5.32 Å². The molecule has 0 amide bonds. The molecule has 0 spiro atoms. The van der Waals surface area contributed by atoms with Crippen molar-refractivity contribution in [3.05, 3.63) is 24.3 Å². The number of rotatable bonds is 1. The van der Waals surface area contributed by atoms with Gasteiger partial charge in [0.2, 0.25) is 0 Å². The van der Waals surface area contributed by atoms with Crippen molar-refractivity contribution in [3.63, 3.8) is 0 Å². The highest BCUT2D eigenvalue weighted by molar-refractivity contribution is 5.19. The Bertz CT molecular complexity index is 305. The third kappa shape index (κ3) is 1.69. The molecule has 1 aliphatic carbocycles. The molecule has 81 valence electrons. The van der Waals surface area contributed by atoms with Gasteiger partial charge in [-0.05, 0) is 31.2 Å². The fourth-order valence-corrected chi connectivity index (χ4v) is 3.13. The predicted octanol–water partition coefficient (Wildman–Crippen LogP) is 2.09. The Hall–Kier alpha value is -0.830. The summed E-state index contributed by atoms with van der Waals surface area (Å²) in [6, 6.07) is 1.37. The van der Waals surface area contributed by atoms with Crippen molar-refractivity contribution in [3.8, 4) is 0 Å². The molecule has 1 saturated heterocycles. The van der Waals surface area contributed by atoms with E-state index in [1.54, 1.807) is 0 Å². The van der Waals surface area contributed by atoms with Gasteiger partial charge >= 0.3 is 0 Å². The lowest BCUT2D eigenvalue weighted by Crippen LogP contribution is -2.42. The van der Waals surface area contributed by atoms with Gasteiger partial charge < -0.3 is 10.3 Å². The molecule has 2 N–H and O–H groups in total. The molecule has 2 aliphatic rings. The number of piperidine rings is 1. The highest BCUT2D eigenvalue weighted by Crippen LogP contribution is 2.41. The van der Waals surface area contributed by atoms with Crippen LogP contribution in [0, 0.1) is 17.9 Å². The third-order valence-corrected chi connectivity index (χ3v) is 3.86. The fraction of sp³-hybridized carbons (Fsp3) is 0.667. The standard InChI is InChI=1S/C12H18N3/c1-2-4-10-9(3-1)5-6-13-11(10)12-14-7-8-15-12/h7-10,13H,1-6H2,(H,14,15). The van der Waals surface area contributed by atoms with Crippen molar-refractivity contribution < 1.29 is 0 Å². The number of nitrogens with zero attached hydrogens (tertiary/aromatic N) is 1. The first-order chi connectivity index (χ1) is 7.45. The first-order valence-corrected chi connectivity index (χ1v) is 6.05. The van der Waals surface area contributed by atoms with Crippen LogP contribution in [-0.2, 0) is 0 Å². The van der Waals surface area contributed by atoms with Crippen LogP contribution in [0.4, 0.5) is 0 Å². The summed E-state index contributed by atoms with van der Waals surface area (Å²) in [4.78, 5) is 7.61.